The Morgan fingerprint density at radius 1 is 1.34 bits per heavy atom. The Labute approximate surface area is 185 Å². The van der Waals surface area contributed by atoms with Crippen LogP contribution in [-0.2, 0) is 9.53 Å². The summed E-state index contributed by atoms with van der Waals surface area (Å²) in [6.45, 7) is 5.27. The first-order valence-corrected chi connectivity index (χ1v) is 10.6. The monoisotopic (exact) mass is 453 g/mol. The standard InChI is InChI=1S/C22H19N3O6S/c1-4-30-21(27)18-13(3)23-22-24(19(18)14-6-5-7-15(10-14)25(28)29)20(26)17(32-22)11-16-9-8-12(2)31-16/h5-11,19H,4H2,1-3H3/b17-11+/t19-/m1/s1. The second-order valence-corrected chi connectivity index (χ2v) is 8.11. The first kappa shape index (κ1) is 21.4. The number of benzene rings is 1. The van der Waals surface area contributed by atoms with E-state index in [-0.39, 0.29) is 23.4 Å². The number of nitrogens with zero attached hydrogens (tertiary/aromatic N) is 3. The van der Waals surface area contributed by atoms with E-state index >= 15 is 0 Å². The van der Waals surface area contributed by atoms with Crippen molar-refractivity contribution in [2.24, 2.45) is 4.99 Å². The van der Waals surface area contributed by atoms with Gasteiger partial charge in [0.1, 0.15) is 11.5 Å². The van der Waals surface area contributed by atoms with Gasteiger partial charge >= 0.3 is 5.97 Å². The third-order valence-corrected chi connectivity index (χ3v) is 5.93. The molecule has 0 fully saturated rings. The molecule has 1 atom stereocenters. The number of nitro benzene ring substituents is 1. The minimum absolute atomic E-state index is 0.138. The van der Waals surface area contributed by atoms with Gasteiger partial charge in [-0.15, -0.1) is 0 Å². The molecule has 1 aliphatic rings. The molecular formula is C22H19N3O6S. The molecule has 3 aromatic rings. The lowest BCUT2D eigenvalue weighted by molar-refractivity contribution is -0.384. The largest absolute Gasteiger partial charge is 0.463 e. The molecule has 2 aromatic heterocycles. The average Bonchev–Trinajstić information content (AvgIpc) is 3.30. The van der Waals surface area contributed by atoms with E-state index < -0.39 is 16.9 Å². The number of fused-ring (bicyclic) bond motifs is 1. The Morgan fingerprint density at radius 3 is 2.78 bits per heavy atom. The van der Waals surface area contributed by atoms with Crippen LogP contribution in [0.3, 0.4) is 0 Å². The summed E-state index contributed by atoms with van der Waals surface area (Å²) in [4.78, 5) is 41.9. The third kappa shape index (κ3) is 3.80. The Bertz CT molecular complexity index is 1440. The molecule has 1 aliphatic heterocycles. The van der Waals surface area contributed by atoms with Crippen molar-refractivity contribution in [1.82, 2.24) is 4.57 Å². The quantitative estimate of drug-likeness (QED) is 0.333. The highest BCUT2D eigenvalue weighted by molar-refractivity contribution is 7.07. The zero-order chi connectivity index (χ0) is 23.0. The van der Waals surface area contributed by atoms with Gasteiger partial charge in [-0.05, 0) is 38.5 Å². The summed E-state index contributed by atoms with van der Waals surface area (Å²) in [6.07, 6.45) is 1.62. The highest BCUT2D eigenvalue weighted by Crippen LogP contribution is 2.32. The number of carbonyl (C=O) groups is 1. The normalized spacial score (nSPS) is 16.0. The fourth-order valence-electron chi connectivity index (χ4n) is 3.58. The van der Waals surface area contributed by atoms with Gasteiger partial charge in [-0.3, -0.25) is 19.5 Å². The summed E-state index contributed by atoms with van der Waals surface area (Å²) in [7, 11) is 0. The second kappa shape index (κ2) is 8.39. The van der Waals surface area contributed by atoms with E-state index in [0.717, 1.165) is 11.3 Å². The van der Waals surface area contributed by atoms with Crippen molar-refractivity contribution in [3.8, 4) is 0 Å². The van der Waals surface area contributed by atoms with Crippen LogP contribution < -0.4 is 14.9 Å². The Morgan fingerprint density at radius 2 is 2.12 bits per heavy atom. The van der Waals surface area contributed by atoms with Crippen LogP contribution in [0.5, 0.6) is 0 Å². The van der Waals surface area contributed by atoms with Crippen molar-refractivity contribution in [2.45, 2.75) is 26.8 Å². The van der Waals surface area contributed by atoms with E-state index in [1.807, 2.05) is 0 Å². The molecule has 164 valence electrons. The van der Waals surface area contributed by atoms with Crippen molar-refractivity contribution >= 4 is 29.1 Å². The maximum absolute atomic E-state index is 13.4. The summed E-state index contributed by atoms with van der Waals surface area (Å²) < 4.78 is 12.5. The molecule has 3 heterocycles. The summed E-state index contributed by atoms with van der Waals surface area (Å²) in [6, 6.07) is 8.50. The molecule has 32 heavy (non-hydrogen) atoms. The second-order valence-electron chi connectivity index (χ2n) is 7.10. The topological polar surface area (TPSA) is 117 Å². The molecule has 10 heteroatoms. The van der Waals surface area contributed by atoms with Gasteiger partial charge in [0.2, 0.25) is 0 Å². The minimum Gasteiger partial charge on any atom is -0.463 e. The van der Waals surface area contributed by atoms with Crippen LogP contribution in [0.15, 0.2) is 61.9 Å². The lowest BCUT2D eigenvalue weighted by Crippen LogP contribution is -2.39. The van der Waals surface area contributed by atoms with E-state index in [0.29, 0.717) is 32.1 Å². The Balaban J connectivity index is 1.98. The molecule has 0 saturated carbocycles. The predicted octanol–water partition coefficient (Wildman–Crippen LogP) is 2.61. The van der Waals surface area contributed by atoms with Crippen molar-refractivity contribution in [3.05, 3.63) is 94.6 Å². The van der Waals surface area contributed by atoms with Crippen LogP contribution in [0.4, 0.5) is 5.69 Å². The van der Waals surface area contributed by atoms with Crippen LogP contribution in [0.1, 0.15) is 37.0 Å². The smallest absolute Gasteiger partial charge is 0.338 e. The zero-order valence-corrected chi connectivity index (χ0v) is 18.3. The fourth-order valence-corrected chi connectivity index (χ4v) is 4.60. The van der Waals surface area contributed by atoms with E-state index in [1.165, 1.54) is 22.8 Å². The number of nitro groups is 1. The summed E-state index contributed by atoms with van der Waals surface area (Å²) >= 11 is 1.15. The lowest BCUT2D eigenvalue weighted by atomic mass is 9.95. The van der Waals surface area contributed by atoms with Crippen LogP contribution in [0.25, 0.3) is 6.08 Å². The molecule has 0 unspecified atom stereocenters. The fraction of sp³-hybridized carbons (Fsp3) is 0.227. The molecule has 0 amide bonds. The van der Waals surface area contributed by atoms with Gasteiger partial charge in [-0.1, -0.05) is 23.5 Å². The van der Waals surface area contributed by atoms with Crippen molar-refractivity contribution in [3.63, 3.8) is 0 Å². The van der Waals surface area contributed by atoms with Gasteiger partial charge in [0.15, 0.2) is 4.80 Å². The van der Waals surface area contributed by atoms with E-state index in [2.05, 4.69) is 4.99 Å². The van der Waals surface area contributed by atoms with Crippen LogP contribution >= 0.6 is 11.3 Å². The van der Waals surface area contributed by atoms with E-state index in [1.54, 1.807) is 45.0 Å². The number of esters is 1. The molecule has 0 aliphatic carbocycles. The first-order valence-electron chi connectivity index (χ1n) is 9.80. The number of hydrogen-bond acceptors (Lipinski definition) is 8. The van der Waals surface area contributed by atoms with Crippen molar-refractivity contribution in [1.29, 1.82) is 0 Å². The number of non-ortho nitro benzene ring substituents is 1. The first-order chi connectivity index (χ1) is 15.3. The average molecular weight is 453 g/mol. The molecule has 9 nitrogen and oxygen atoms in total. The Kier molecular flexibility index (Phi) is 5.62. The highest BCUT2D eigenvalue weighted by atomic mass is 32.1. The highest BCUT2D eigenvalue weighted by Gasteiger charge is 2.34. The summed E-state index contributed by atoms with van der Waals surface area (Å²) in [5.41, 5.74) is 0.446. The summed E-state index contributed by atoms with van der Waals surface area (Å²) in [5, 5.41) is 11.3. The number of furan rings is 1. The molecule has 0 N–H and O–H groups in total. The zero-order valence-electron chi connectivity index (χ0n) is 17.5. The van der Waals surface area contributed by atoms with Gasteiger partial charge in [-0.25, -0.2) is 9.79 Å². The number of thiazole rings is 1. The molecule has 0 radical (unpaired) electrons. The number of allylic oxidation sites excluding steroid dienone is 1. The molecule has 0 saturated heterocycles. The maximum atomic E-state index is 13.4. The van der Waals surface area contributed by atoms with Crippen molar-refractivity contribution < 1.29 is 18.9 Å². The predicted molar refractivity (Wildman–Crippen MR) is 117 cm³/mol. The Hall–Kier alpha value is -3.79. The lowest BCUT2D eigenvalue weighted by Gasteiger charge is -2.24. The van der Waals surface area contributed by atoms with Crippen LogP contribution in [-0.4, -0.2) is 22.1 Å². The number of aromatic nitrogens is 1. The number of rotatable bonds is 5. The maximum Gasteiger partial charge on any atom is 0.338 e. The van der Waals surface area contributed by atoms with Crippen LogP contribution in [0.2, 0.25) is 0 Å². The SMILES string of the molecule is CCOC(=O)C1=C(C)N=c2s/c(=C/c3ccc(C)o3)c(=O)n2[C@@H]1c1cccc([N+](=O)[O-])c1. The molecule has 4 rings (SSSR count). The molecule has 0 spiro atoms. The summed E-state index contributed by atoms with van der Waals surface area (Å²) in [5.74, 6) is 0.598. The van der Waals surface area contributed by atoms with Crippen LogP contribution in [0, 0.1) is 17.0 Å². The van der Waals surface area contributed by atoms with E-state index in [9.17, 15) is 19.7 Å². The number of ether oxygens (including phenoxy) is 1. The number of carbonyl (C=O) groups excluding carboxylic acids is 1. The molecular weight excluding hydrogens is 434 g/mol. The van der Waals surface area contributed by atoms with Gasteiger partial charge in [0.05, 0.1) is 33.4 Å². The van der Waals surface area contributed by atoms with Gasteiger partial charge < -0.3 is 9.15 Å². The molecule has 0 bridgehead atoms. The van der Waals surface area contributed by atoms with Crippen molar-refractivity contribution in [2.75, 3.05) is 6.61 Å². The number of aryl methyl sites for hydroxylation is 1. The van der Waals surface area contributed by atoms with Gasteiger partial charge in [-0.2, -0.15) is 0 Å². The van der Waals surface area contributed by atoms with Gasteiger partial charge in [0.25, 0.3) is 11.2 Å². The number of hydrogen-bond donors (Lipinski definition) is 0. The van der Waals surface area contributed by atoms with E-state index in [4.69, 9.17) is 9.15 Å². The minimum atomic E-state index is -0.911. The van der Waals surface area contributed by atoms with Gasteiger partial charge in [0, 0.05) is 18.2 Å². The molecule has 1 aromatic carbocycles. The third-order valence-electron chi connectivity index (χ3n) is 4.95.